The summed E-state index contributed by atoms with van der Waals surface area (Å²) in [6.45, 7) is 11.7. The monoisotopic (exact) mass is 268 g/mol. The van der Waals surface area contributed by atoms with E-state index in [1.165, 1.54) is 58.3 Å². The largest absolute Gasteiger partial charge is 0.375 e. The van der Waals surface area contributed by atoms with Gasteiger partial charge in [-0.2, -0.15) is 0 Å². The van der Waals surface area contributed by atoms with Gasteiger partial charge in [-0.05, 0) is 71.5 Å². The Balaban J connectivity index is 1.89. The molecule has 3 unspecified atom stereocenters. The number of hydrogen-bond donors (Lipinski definition) is 1. The molecule has 2 aliphatic heterocycles. The molecule has 112 valence electrons. The molecule has 0 saturated carbocycles. The first kappa shape index (κ1) is 15.3. The highest BCUT2D eigenvalue weighted by Crippen LogP contribution is 2.25. The van der Waals surface area contributed by atoms with Crippen LogP contribution in [-0.2, 0) is 4.74 Å². The molecule has 3 atom stereocenters. The standard InChI is InChI=1S/C16H32N2O/c1-4-8-18(12-15-6-5-7-17-11-15)16-9-13(2)19-14(3)10-16/h13-17H,4-12H2,1-3H3. The number of rotatable bonds is 5. The van der Waals surface area contributed by atoms with Crippen molar-refractivity contribution in [3.63, 3.8) is 0 Å². The van der Waals surface area contributed by atoms with Crippen molar-refractivity contribution in [3.05, 3.63) is 0 Å². The molecular formula is C16H32N2O. The molecule has 2 aliphatic rings. The first-order valence-corrected chi connectivity index (χ1v) is 8.29. The van der Waals surface area contributed by atoms with Crippen LogP contribution in [0.25, 0.3) is 0 Å². The van der Waals surface area contributed by atoms with Gasteiger partial charge in [-0.25, -0.2) is 0 Å². The molecule has 0 spiro atoms. The Bertz CT molecular complexity index is 243. The fourth-order valence-corrected chi connectivity index (χ4v) is 3.79. The summed E-state index contributed by atoms with van der Waals surface area (Å²) in [5.41, 5.74) is 0. The van der Waals surface area contributed by atoms with Crippen molar-refractivity contribution in [2.45, 2.75) is 71.1 Å². The lowest BCUT2D eigenvalue weighted by Gasteiger charge is -2.41. The summed E-state index contributed by atoms with van der Waals surface area (Å²) in [5.74, 6) is 0.855. The summed E-state index contributed by atoms with van der Waals surface area (Å²) in [4.78, 5) is 2.76. The Morgan fingerprint density at radius 2 is 1.95 bits per heavy atom. The van der Waals surface area contributed by atoms with Crippen LogP contribution in [0.15, 0.2) is 0 Å². The summed E-state index contributed by atoms with van der Waals surface area (Å²) in [6, 6.07) is 0.737. The van der Waals surface area contributed by atoms with E-state index < -0.39 is 0 Å². The van der Waals surface area contributed by atoms with Crippen molar-refractivity contribution in [1.29, 1.82) is 0 Å². The number of piperidine rings is 1. The van der Waals surface area contributed by atoms with Crippen molar-refractivity contribution in [2.24, 2.45) is 5.92 Å². The summed E-state index contributed by atoms with van der Waals surface area (Å²) in [7, 11) is 0. The molecule has 2 saturated heterocycles. The van der Waals surface area contributed by atoms with Gasteiger partial charge in [0.25, 0.3) is 0 Å². The Kier molecular flexibility index (Phi) is 6.11. The van der Waals surface area contributed by atoms with Gasteiger partial charge in [-0.1, -0.05) is 6.92 Å². The number of ether oxygens (including phenoxy) is 1. The maximum Gasteiger partial charge on any atom is 0.0565 e. The molecule has 2 rings (SSSR count). The predicted molar refractivity (Wildman–Crippen MR) is 80.5 cm³/mol. The van der Waals surface area contributed by atoms with Gasteiger partial charge in [0.2, 0.25) is 0 Å². The lowest BCUT2D eigenvalue weighted by molar-refractivity contribution is -0.0675. The number of nitrogens with zero attached hydrogens (tertiary/aromatic N) is 1. The van der Waals surface area contributed by atoms with Crippen LogP contribution in [-0.4, -0.2) is 49.3 Å². The molecule has 2 heterocycles. The molecule has 2 fully saturated rings. The second-order valence-electron chi connectivity index (χ2n) is 6.59. The van der Waals surface area contributed by atoms with Crippen LogP contribution in [0.1, 0.15) is 52.9 Å². The van der Waals surface area contributed by atoms with Gasteiger partial charge in [-0.3, -0.25) is 4.90 Å². The molecule has 19 heavy (non-hydrogen) atoms. The molecule has 0 aromatic heterocycles. The third-order valence-corrected chi connectivity index (χ3v) is 4.59. The van der Waals surface area contributed by atoms with E-state index in [1.54, 1.807) is 0 Å². The van der Waals surface area contributed by atoms with Gasteiger partial charge in [-0.15, -0.1) is 0 Å². The van der Waals surface area contributed by atoms with E-state index in [0.29, 0.717) is 12.2 Å². The second kappa shape index (κ2) is 7.61. The highest BCUT2D eigenvalue weighted by atomic mass is 16.5. The molecule has 0 radical (unpaired) electrons. The lowest BCUT2D eigenvalue weighted by Crippen LogP contribution is -2.48. The first-order chi connectivity index (χ1) is 9.19. The van der Waals surface area contributed by atoms with Gasteiger partial charge in [0.05, 0.1) is 12.2 Å². The van der Waals surface area contributed by atoms with E-state index in [4.69, 9.17) is 4.74 Å². The minimum absolute atomic E-state index is 0.428. The third kappa shape index (κ3) is 4.73. The second-order valence-corrected chi connectivity index (χ2v) is 6.59. The SMILES string of the molecule is CCCN(CC1CCCNC1)C1CC(C)OC(C)C1. The Morgan fingerprint density at radius 3 is 2.53 bits per heavy atom. The Morgan fingerprint density at radius 1 is 1.21 bits per heavy atom. The van der Waals surface area contributed by atoms with Gasteiger partial charge >= 0.3 is 0 Å². The highest BCUT2D eigenvalue weighted by molar-refractivity contribution is 4.83. The van der Waals surface area contributed by atoms with Gasteiger partial charge in [0, 0.05) is 12.6 Å². The van der Waals surface area contributed by atoms with E-state index in [0.717, 1.165) is 12.0 Å². The van der Waals surface area contributed by atoms with Crippen molar-refractivity contribution >= 4 is 0 Å². The van der Waals surface area contributed by atoms with E-state index in [9.17, 15) is 0 Å². The zero-order chi connectivity index (χ0) is 13.7. The zero-order valence-corrected chi connectivity index (χ0v) is 13.0. The van der Waals surface area contributed by atoms with Crippen LogP contribution in [0.4, 0.5) is 0 Å². The number of hydrogen-bond acceptors (Lipinski definition) is 3. The summed E-state index contributed by atoms with van der Waals surface area (Å²) >= 11 is 0. The van der Waals surface area contributed by atoms with E-state index >= 15 is 0 Å². The predicted octanol–water partition coefficient (Wildman–Crippen LogP) is 2.65. The van der Waals surface area contributed by atoms with Crippen LogP contribution < -0.4 is 5.32 Å². The van der Waals surface area contributed by atoms with Crippen LogP contribution in [0.3, 0.4) is 0 Å². The highest BCUT2D eigenvalue weighted by Gasteiger charge is 2.30. The zero-order valence-electron chi connectivity index (χ0n) is 13.0. The minimum atomic E-state index is 0.428. The average Bonchev–Trinajstić information content (AvgIpc) is 2.38. The minimum Gasteiger partial charge on any atom is -0.375 e. The third-order valence-electron chi connectivity index (χ3n) is 4.59. The molecule has 0 aliphatic carbocycles. The van der Waals surface area contributed by atoms with Crippen LogP contribution in [0.2, 0.25) is 0 Å². The topological polar surface area (TPSA) is 24.5 Å². The average molecular weight is 268 g/mol. The van der Waals surface area contributed by atoms with Crippen LogP contribution in [0.5, 0.6) is 0 Å². The molecule has 0 aromatic carbocycles. The van der Waals surface area contributed by atoms with Crippen LogP contribution in [0, 0.1) is 5.92 Å². The van der Waals surface area contributed by atoms with Gasteiger partial charge in [0.1, 0.15) is 0 Å². The number of nitrogens with one attached hydrogen (secondary N) is 1. The fraction of sp³-hybridized carbons (Fsp3) is 1.00. The molecule has 3 heteroatoms. The summed E-state index contributed by atoms with van der Waals surface area (Å²) in [5, 5.41) is 3.55. The Hall–Kier alpha value is -0.120. The lowest BCUT2D eigenvalue weighted by atomic mass is 9.94. The molecule has 0 amide bonds. The fourth-order valence-electron chi connectivity index (χ4n) is 3.79. The molecule has 0 aromatic rings. The van der Waals surface area contributed by atoms with Crippen molar-refractivity contribution in [2.75, 3.05) is 26.2 Å². The van der Waals surface area contributed by atoms with E-state index in [-0.39, 0.29) is 0 Å². The Labute approximate surface area is 119 Å². The molecule has 3 nitrogen and oxygen atoms in total. The van der Waals surface area contributed by atoms with Gasteiger partial charge in [0.15, 0.2) is 0 Å². The smallest absolute Gasteiger partial charge is 0.0565 e. The van der Waals surface area contributed by atoms with Crippen molar-refractivity contribution in [3.8, 4) is 0 Å². The van der Waals surface area contributed by atoms with E-state index in [1.807, 2.05) is 0 Å². The normalized spacial score (nSPS) is 36.6. The quantitative estimate of drug-likeness (QED) is 0.829. The molecule has 1 N–H and O–H groups in total. The summed E-state index contributed by atoms with van der Waals surface area (Å²) in [6.07, 6.45) is 7.30. The van der Waals surface area contributed by atoms with Gasteiger partial charge < -0.3 is 10.1 Å². The summed E-state index contributed by atoms with van der Waals surface area (Å²) < 4.78 is 5.90. The van der Waals surface area contributed by atoms with Crippen molar-refractivity contribution < 1.29 is 4.74 Å². The molecular weight excluding hydrogens is 236 g/mol. The first-order valence-electron chi connectivity index (χ1n) is 8.29. The van der Waals surface area contributed by atoms with Crippen LogP contribution >= 0.6 is 0 Å². The molecule has 0 bridgehead atoms. The van der Waals surface area contributed by atoms with E-state index in [2.05, 4.69) is 31.0 Å². The maximum atomic E-state index is 5.90. The maximum absolute atomic E-state index is 5.90. The van der Waals surface area contributed by atoms with Crippen molar-refractivity contribution in [1.82, 2.24) is 10.2 Å².